The molecule has 2 aliphatic heterocycles. The summed E-state index contributed by atoms with van der Waals surface area (Å²) in [6.45, 7) is 8.33. The fraction of sp³-hybridized carbons (Fsp3) is 0.480. The molecule has 2 fully saturated rings. The predicted octanol–water partition coefficient (Wildman–Crippen LogP) is 4.99. The van der Waals surface area contributed by atoms with Crippen LogP contribution in [0, 0.1) is 0 Å². The number of hydrogen-bond acceptors (Lipinski definition) is 7. The van der Waals surface area contributed by atoms with Crippen LogP contribution in [0.1, 0.15) is 50.0 Å². The largest absolute Gasteiger partial charge is 0.458 e. The topological polar surface area (TPSA) is 58.6 Å². The molecule has 0 bridgehead atoms. The third-order valence-corrected chi connectivity index (χ3v) is 7.39. The molecule has 0 radical (unpaired) electrons. The molecular formula is C25H30N4O2S. The number of anilines is 1. The number of rotatable bonds is 5. The number of thiazole rings is 1. The predicted molar refractivity (Wildman–Crippen MR) is 129 cm³/mol. The van der Waals surface area contributed by atoms with Crippen molar-refractivity contribution in [1.29, 1.82) is 0 Å². The molecule has 0 saturated carbocycles. The molecule has 3 aromatic rings. The molecule has 1 aromatic carbocycles. The molecule has 1 atom stereocenters. The highest BCUT2D eigenvalue weighted by Crippen LogP contribution is 2.34. The first kappa shape index (κ1) is 21.3. The third-order valence-electron chi connectivity index (χ3n) is 6.31. The van der Waals surface area contributed by atoms with Crippen molar-refractivity contribution in [2.75, 3.05) is 31.1 Å². The molecule has 168 valence electrons. The number of benzene rings is 1. The van der Waals surface area contributed by atoms with E-state index in [1.807, 2.05) is 32.0 Å². The van der Waals surface area contributed by atoms with E-state index >= 15 is 0 Å². The third kappa shape index (κ3) is 4.50. The minimum atomic E-state index is -0.389. The number of likely N-dealkylation sites (tertiary alicyclic amines) is 1. The van der Waals surface area contributed by atoms with Crippen molar-refractivity contribution in [3.8, 4) is 11.3 Å². The van der Waals surface area contributed by atoms with Crippen molar-refractivity contribution in [1.82, 2.24) is 14.9 Å². The van der Waals surface area contributed by atoms with Crippen LogP contribution in [0.25, 0.3) is 21.5 Å². The zero-order valence-corrected chi connectivity index (χ0v) is 19.6. The molecule has 32 heavy (non-hydrogen) atoms. The molecule has 0 aliphatic carbocycles. The molecule has 7 heteroatoms. The maximum absolute atomic E-state index is 12.2. The van der Waals surface area contributed by atoms with Crippen molar-refractivity contribution in [3.63, 3.8) is 0 Å². The summed E-state index contributed by atoms with van der Waals surface area (Å²) >= 11 is 1.75. The van der Waals surface area contributed by atoms with E-state index in [0.717, 1.165) is 39.7 Å². The van der Waals surface area contributed by atoms with Crippen LogP contribution in [0.15, 0.2) is 36.4 Å². The zero-order valence-electron chi connectivity index (χ0n) is 18.8. The Morgan fingerprint density at radius 3 is 2.75 bits per heavy atom. The molecule has 5 rings (SSSR count). The van der Waals surface area contributed by atoms with Crippen LogP contribution in [-0.4, -0.2) is 59.2 Å². The van der Waals surface area contributed by atoms with E-state index in [2.05, 4.69) is 26.9 Å². The summed E-state index contributed by atoms with van der Waals surface area (Å²) in [6, 6.07) is 12.4. The summed E-state index contributed by atoms with van der Waals surface area (Å²) in [4.78, 5) is 26.8. The summed E-state index contributed by atoms with van der Waals surface area (Å²) in [5.41, 5.74) is 3.11. The standard InChI is InChI=1S/C25H30N4O2S/c1-17(2)31-24(30)22-8-6-7-20(26-22)18-9-10-21-23(15-18)32-25(27-21)29-14-11-19(16-29)28-12-4-3-5-13-28/h6-10,15,17,19H,3-5,11-14,16H2,1-2H3. The van der Waals surface area contributed by atoms with Crippen LogP contribution in [0.4, 0.5) is 5.13 Å². The summed E-state index contributed by atoms with van der Waals surface area (Å²) in [7, 11) is 0. The average Bonchev–Trinajstić information content (AvgIpc) is 3.46. The van der Waals surface area contributed by atoms with E-state index in [1.165, 1.54) is 38.8 Å². The first-order chi connectivity index (χ1) is 15.6. The van der Waals surface area contributed by atoms with E-state index in [1.54, 1.807) is 17.4 Å². The van der Waals surface area contributed by atoms with Crippen LogP contribution in [-0.2, 0) is 4.74 Å². The van der Waals surface area contributed by atoms with Crippen LogP contribution in [0.5, 0.6) is 0 Å². The Kier molecular flexibility index (Phi) is 6.11. The van der Waals surface area contributed by atoms with Gasteiger partial charge < -0.3 is 9.64 Å². The van der Waals surface area contributed by atoms with Gasteiger partial charge in [0.1, 0.15) is 5.69 Å². The van der Waals surface area contributed by atoms with E-state index in [9.17, 15) is 4.79 Å². The summed E-state index contributed by atoms with van der Waals surface area (Å²) in [5.74, 6) is -0.389. The number of piperidine rings is 1. The molecule has 2 aliphatic rings. The van der Waals surface area contributed by atoms with Gasteiger partial charge in [-0.3, -0.25) is 4.90 Å². The Bertz CT molecular complexity index is 1110. The highest BCUT2D eigenvalue weighted by molar-refractivity contribution is 7.22. The molecule has 6 nitrogen and oxygen atoms in total. The number of aromatic nitrogens is 2. The normalized spacial score (nSPS) is 19.7. The SMILES string of the molecule is CC(C)OC(=O)c1cccc(-c2ccc3nc(N4CCC(N5CCCCC5)C4)sc3c2)n1. The number of pyridine rings is 1. The van der Waals surface area contributed by atoms with Gasteiger partial charge in [-0.2, -0.15) is 0 Å². The number of esters is 1. The van der Waals surface area contributed by atoms with Crippen LogP contribution in [0.2, 0.25) is 0 Å². The number of hydrogen-bond donors (Lipinski definition) is 0. The lowest BCUT2D eigenvalue weighted by molar-refractivity contribution is 0.0371. The number of nitrogens with zero attached hydrogens (tertiary/aromatic N) is 4. The van der Waals surface area contributed by atoms with Crippen molar-refractivity contribution in [2.24, 2.45) is 0 Å². The molecule has 0 amide bonds. The van der Waals surface area contributed by atoms with Gasteiger partial charge in [0.05, 0.1) is 22.0 Å². The second kappa shape index (κ2) is 9.16. The molecule has 4 heterocycles. The maximum atomic E-state index is 12.2. The molecule has 0 spiro atoms. The quantitative estimate of drug-likeness (QED) is 0.511. The zero-order chi connectivity index (χ0) is 22.1. The fourth-order valence-electron chi connectivity index (χ4n) is 4.69. The first-order valence-corrected chi connectivity index (χ1v) is 12.5. The molecule has 0 N–H and O–H groups in total. The van der Waals surface area contributed by atoms with Crippen LogP contribution >= 0.6 is 11.3 Å². The van der Waals surface area contributed by atoms with Crippen molar-refractivity contribution < 1.29 is 9.53 Å². The molecule has 2 aromatic heterocycles. The summed E-state index contributed by atoms with van der Waals surface area (Å²) < 4.78 is 6.44. The Morgan fingerprint density at radius 1 is 1.09 bits per heavy atom. The van der Waals surface area contributed by atoms with Crippen molar-refractivity contribution in [2.45, 2.75) is 51.7 Å². The number of carbonyl (C=O) groups is 1. The Morgan fingerprint density at radius 2 is 1.94 bits per heavy atom. The van der Waals surface area contributed by atoms with Crippen molar-refractivity contribution >= 4 is 32.7 Å². The summed E-state index contributed by atoms with van der Waals surface area (Å²) in [5, 5.41) is 1.11. The van der Waals surface area contributed by atoms with Crippen LogP contribution < -0.4 is 4.90 Å². The lowest BCUT2D eigenvalue weighted by Crippen LogP contribution is -2.40. The highest BCUT2D eigenvalue weighted by atomic mass is 32.1. The van der Waals surface area contributed by atoms with Gasteiger partial charge in [0.15, 0.2) is 5.13 Å². The minimum Gasteiger partial charge on any atom is -0.458 e. The van der Waals surface area contributed by atoms with Gasteiger partial charge in [-0.1, -0.05) is 29.9 Å². The van der Waals surface area contributed by atoms with Gasteiger partial charge >= 0.3 is 5.97 Å². The Labute approximate surface area is 193 Å². The molecular weight excluding hydrogens is 420 g/mol. The molecule has 2 saturated heterocycles. The average molecular weight is 451 g/mol. The maximum Gasteiger partial charge on any atom is 0.357 e. The van der Waals surface area contributed by atoms with E-state index in [4.69, 9.17) is 9.72 Å². The highest BCUT2D eigenvalue weighted by Gasteiger charge is 2.30. The lowest BCUT2D eigenvalue weighted by Gasteiger charge is -2.32. The van der Waals surface area contributed by atoms with Gasteiger partial charge in [-0.25, -0.2) is 14.8 Å². The first-order valence-electron chi connectivity index (χ1n) is 11.6. The monoisotopic (exact) mass is 450 g/mol. The smallest absolute Gasteiger partial charge is 0.357 e. The second-order valence-corrected chi connectivity index (χ2v) is 10.0. The Hall–Kier alpha value is -2.51. The lowest BCUT2D eigenvalue weighted by atomic mass is 10.1. The van der Waals surface area contributed by atoms with Gasteiger partial charge in [0.25, 0.3) is 0 Å². The van der Waals surface area contributed by atoms with Crippen LogP contribution in [0.3, 0.4) is 0 Å². The molecule has 1 unspecified atom stereocenters. The summed E-state index contributed by atoms with van der Waals surface area (Å²) in [6.07, 6.45) is 5.11. The fourth-order valence-corrected chi connectivity index (χ4v) is 5.73. The van der Waals surface area contributed by atoms with E-state index < -0.39 is 0 Å². The van der Waals surface area contributed by atoms with Gasteiger partial charge in [0.2, 0.25) is 0 Å². The number of fused-ring (bicyclic) bond motifs is 1. The van der Waals surface area contributed by atoms with E-state index in [0.29, 0.717) is 11.7 Å². The van der Waals surface area contributed by atoms with E-state index in [-0.39, 0.29) is 12.1 Å². The van der Waals surface area contributed by atoms with Gasteiger partial charge in [0, 0.05) is 24.7 Å². The number of carbonyl (C=O) groups excluding carboxylic acids is 1. The number of ether oxygens (including phenoxy) is 1. The Balaban J connectivity index is 1.34. The van der Waals surface area contributed by atoms with Gasteiger partial charge in [-0.15, -0.1) is 0 Å². The minimum absolute atomic E-state index is 0.167. The second-order valence-electron chi connectivity index (χ2n) is 9.03. The van der Waals surface area contributed by atoms with Gasteiger partial charge in [-0.05, 0) is 70.5 Å². The van der Waals surface area contributed by atoms with Crippen molar-refractivity contribution in [3.05, 3.63) is 42.1 Å².